The van der Waals surface area contributed by atoms with Gasteiger partial charge in [0.15, 0.2) is 0 Å². The second-order valence-electron chi connectivity index (χ2n) is 7.56. The lowest BCUT2D eigenvalue weighted by Gasteiger charge is -2.21. The molecule has 0 unspecified atom stereocenters. The molecule has 0 spiro atoms. The van der Waals surface area contributed by atoms with Crippen molar-refractivity contribution < 1.29 is 4.74 Å². The van der Waals surface area contributed by atoms with Crippen molar-refractivity contribution in [1.82, 2.24) is 5.32 Å². The Hall–Kier alpha value is -1.02. The van der Waals surface area contributed by atoms with Gasteiger partial charge in [-0.3, -0.25) is 0 Å². The molecule has 1 aliphatic heterocycles. The number of nitrogens with one attached hydrogen (secondary N) is 1. The van der Waals surface area contributed by atoms with Gasteiger partial charge in [0.2, 0.25) is 0 Å². The maximum absolute atomic E-state index is 6.13. The molecule has 2 nitrogen and oxygen atoms in total. The van der Waals surface area contributed by atoms with E-state index < -0.39 is 0 Å². The molecular weight excluding hydrogens is 246 g/mol. The molecule has 0 bridgehead atoms. The summed E-state index contributed by atoms with van der Waals surface area (Å²) in [6, 6.07) is 6.56. The zero-order chi connectivity index (χ0) is 14.4. The lowest BCUT2D eigenvalue weighted by Crippen LogP contribution is -2.28. The monoisotopic (exact) mass is 273 g/mol. The summed E-state index contributed by atoms with van der Waals surface area (Å²) in [5.41, 5.74) is 3.19. The molecule has 0 aromatic heterocycles. The van der Waals surface area contributed by atoms with Gasteiger partial charge < -0.3 is 10.1 Å². The van der Waals surface area contributed by atoms with Crippen LogP contribution >= 0.6 is 0 Å². The zero-order valence-corrected chi connectivity index (χ0v) is 13.3. The molecular formula is C18H27NO. The number of hydrogen-bond donors (Lipinski definition) is 1. The summed E-state index contributed by atoms with van der Waals surface area (Å²) >= 11 is 0. The van der Waals surface area contributed by atoms with Gasteiger partial charge in [-0.25, -0.2) is 0 Å². The highest BCUT2D eigenvalue weighted by atomic mass is 16.5. The molecule has 1 heterocycles. The van der Waals surface area contributed by atoms with Crippen molar-refractivity contribution in [3.8, 4) is 5.75 Å². The second-order valence-corrected chi connectivity index (χ2v) is 7.56. The van der Waals surface area contributed by atoms with Gasteiger partial charge in [0.1, 0.15) is 11.4 Å². The van der Waals surface area contributed by atoms with E-state index in [0.29, 0.717) is 5.41 Å². The molecule has 1 aromatic carbocycles. The van der Waals surface area contributed by atoms with Gasteiger partial charge in [-0.1, -0.05) is 32.0 Å². The number of para-hydroxylation sites is 1. The first kappa shape index (κ1) is 13.9. The number of fused-ring (bicyclic) bond motifs is 1. The second kappa shape index (κ2) is 4.77. The van der Waals surface area contributed by atoms with Crippen molar-refractivity contribution in [2.24, 2.45) is 11.3 Å². The van der Waals surface area contributed by atoms with E-state index in [1.807, 2.05) is 0 Å². The fraction of sp³-hybridized carbons (Fsp3) is 0.667. The molecule has 0 radical (unpaired) electrons. The largest absolute Gasteiger partial charge is 0.487 e. The van der Waals surface area contributed by atoms with E-state index in [9.17, 15) is 0 Å². The molecule has 1 aromatic rings. The third-order valence-corrected chi connectivity index (χ3v) is 5.08. The highest BCUT2D eigenvalue weighted by Gasteiger charge is 2.44. The summed E-state index contributed by atoms with van der Waals surface area (Å²) in [4.78, 5) is 0. The normalized spacial score (nSPS) is 21.6. The molecule has 110 valence electrons. The standard InChI is InChI=1S/C18H27NO/c1-13(2)18(8-9-18)12-19-11-15-7-5-6-14-10-17(3,4)20-16(14)15/h5-7,13,19H,8-12H2,1-4H3. The van der Waals surface area contributed by atoms with Crippen LogP contribution < -0.4 is 10.1 Å². The summed E-state index contributed by atoms with van der Waals surface area (Å²) in [5.74, 6) is 1.91. The van der Waals surface area contributed by atoms with Crippen molar-refractivity contribution in [2.75, 3.05) is 6.54 Å². The Bertz CT molecular complexity index is 500. The fourth-order valence-corrected chi connectivity index (χ4v) is 3.38. The van der Waals surface area contributed by atoms with E-state index in [4.69, 9.17) is 4.74 Å². The first-order valence-electron chi connectivity index (χ1n) is 7.92. The van der Waals surface area contributed by atoms with Crippen molar-refractivity contribution in [3.63, 3.8) is 0 Å². The maximum atomic E-state index is 6.13. The zero-order valence-electron chi connectivity index (χ0n) is 13.3. The van der Waals surface area contributed by atoms with Crippen LogP contribution in [0.2, 0.25) is 0 Å². The van der Waals surface area contributed by atoms with E-state index in [1.54, 1.807) is 0 Å². The van der Waals surface area contributed by atoms with E-state index in [2.05, 4.69) is 51.2 Å². The Balaban J connectivity index is 1.64. The van der Waals surface area contributed by atoms with Crippen LogP contribution in [-0.4, -0.2) is 12.1 Å². The first-order valence-corrected chi connectivity index (χ1v) is 7.92. The molecule has 0 saturated heterocycles. The van der Waals surface area contributed by atoms with Crippen LogP contribution in [0.4, 0.5) is 0 Å². The SMILES string of the molecule is CC(C)C1(CNCc2cccc3c2OC(C)(C)C3)CC1. The van der Waals surface area contributed by atoms with Crippen LogP contribution in [0.5, 0.6) is 5.75 Å². The van der Waals surface area contributed by atoms with Crippen LogP contribution in [0, 0.1) is 11.3 Å². The van der Waals surface area contributed by atoms with E-state index in [0.717, 1.165) is 31.2 Å². The van der Waals surface area contributed by atoms with Crippen LogP contribution in [0.15, 0.2) is 18.2 Å². The smallest absolute Gasteiger partial charge is 0.127 e. The fourth-order valence-electron chi connectivity index (χ4n) is 3.38. The number of hydrogen-bond acceptors (Lipinski definition) is 2. The number of ether oxygens (including phenoxy) is 1. The molecule has 1 fully saturated rings. The minimum Gasteiger partial charge on any atom is -0.487 e. The van der Waals surface area contributed by atoms with Gasteiger partial charge in [-0.15, -0.1) is 0 Å². The third-order valence-electron chi connectivity index (χ3n) is 5.08. The van der Waals surface area contributed by atoms with Gasteiger partial charge in [0.05, 0.1) is 0 Å². The van der Waals surface area contributed by atoms with E-state index in [-0.39, 0.29) is 5.60 Å². The lowest BCUT2D eigenvalue weighted by molar-refractivity contribution is 0.137. The average Bonchev–Trinajstić information content (AvgIpc) is 3.07. The quantitative estimate of drug-likeness (QED) is 0.878. The summed E-state index contributed by atoms with van der Waals surface area (Å²) in [7, 11) is 0. The molecule has 0 amide bonds. The predicted octanol–water partition coefficient (Wildman–Crippen LogP) is 3.93. The van der Waals surface area contributed by atoms with Crippen LogP contribution in [0.3, 0.4) is 0 Å². The van der Waals surface area contributed by atoms with Crippen LogP contribution in [-0.2, 0) is 13.0 Å². The van der Waals surface area contributed by atoms with Gasteiger partial charge in [0, 0.05) is 25.1 Å². The van der Waals surface area contributed by atoms with E-state index >= 15 is 0 Å². The average molecular weight is 273 g/mol. The predicted molar refractivity (Wildman–Crippen MR) is 83.1 cm³/mol. The van der Waals surface area contributed by atoms with Gasteiger partial charge in [-0.05, 0) is 43.6 Å². The maximum Gasteiger partial charge on any atom is 0.127 e. The molecule has 1 saturated carbocycles. The summed E-state index contributed by atoms with van der Waals surface area (Å²) in [5, 5.41) is 3.66. The first-order chi connectivity index (χ1) is 9.42. The topological polar surface area (TPSA) is 21.3 Å². The minimum absolute atomic E-state index is 0.0475. The third kappa shape index (κ3) is 2.58. The minimum atomic E-state index is -0.0475. The van der Waals surface area contributed by atoms with Gasteiger partial charge in [-0.2, -0.15) is 0 Å². The molecule has 2 aliphatic rings. The number of benzene rings is 1. The summed E-state index contributed by atoms with van der Waals surface area (Å²) in [6.07, 6.45) is 3.79. The summed E-state index contributed by atoms with van der Waals surface area (Å²) < 4.78 is 6.13. The highest BCUT2D eigenvalue weighted by Crippen LogP contribution is 2.51. The van der Waals surface area contributed by atoms with Crippen molar-refractivity contribution in [2.45, 2.75) is 59.1 Å². The Morgan fingerprint density at radius 2 is 2.00 bits per heavy atom. The van der Waals surface area contributed by atoms with Crippen molar-refractivity contribution >= 4 is 0 Å². The molecule has 3 rings (SSSR count). The van der Waals surface area contributed by atoms with Crippen LogP contribution in [0.1, 0.15) is 51.7 Å². The molecule has 0 atom stereocenters. The molecule has 20 heavy (non-hydrogen) atoms. The van der Waals surface area contributed by atoms with E-state index in [1.165, 1.54) is 24.0 Å². The highest BCUT2D eigenvalue weighted by molar-refractivity contribution is 5.45. The Labute approximate surface area is 122 Å². The molecule has 2 heteroatoms. The Morgan fingerprint density at radius 3 is 2.65 bits per heavy atom. The Morgan fingerprint density at radius 1 is 1.25 bits per heavy atom. The molecule has 1 N–H and O–H groups in total. The van der Waals surface area contributed by atoms with Gasteiger partial charge in [0.25, 0.3) is 0 Å². The molecule has 1 aliphatic carbocycles. The van der Waals surface area contributed by atoms with Crippen molar-refractivity contribution in [1.29, 1.82) is 0 Å². The number of rotatable bonds is 5. The Kier molecular flexibility index (Phi) is 3.32. The lowest BCUT2D eigenvalue weighted by atomic mass is 9.92. The van der Waals surface area contributed by atoms with Crippen LogP contribution in [0.25, 0.3) is 0 Å². The summed E-state index contributed by atoms with van der Waals surface area (Å²) in [6.45, 7) is 11.1. The van der Waals surface area contributed by atoms with Crippen molar-refractivity contribution in [3.05, 3.63) is 29.3 Å². The van der Waals surface area contributed by atoms with Gasteiger partial charge >= 0.3 is 0 Å².